The average Bonchev–Trinajstić information content (AvgIpc) is 3.13. The number of nitrogens with zero attached hydrogens (tertiary/aromatic N) is 3. The van der Waals surface area contributed by atoms with Crippen LogP contribution in [0.5, 0.6) is 5.75 Å². The lowest BCUT2D eigenvalue weighted by Crippen LogP contribution is -2.00. The molecular weight excluding hydrogens is 353 g/mol. The minimum atomic E-state index is -0.276. The van der Waals surface area contributed by atoms with Crippen LogP contribution >= 0.6 is 11.8 Å². The van der Waals surface area contributed by atoms with Crippen molar-refractivity contribution >= 4 is 23.4 Å². The van der Waals surface area contributed by atoms with Crippen LogP contribution in [-0.4, -0.2) is 28.0 Å². The number of para-hydroxylation sites is 1. The van der Waals surface area contributed by atoms with Gasteiger partial charge in [0.15, 0.2) is 0 Å². The SMILES string of the molecule is COc1ccccc1CSc1n[nH]c(N/N=C(\C)c2ccc(F)cc2)n1. The lowest BCUT2D eigenvalue weighted by atomic mass is 10.1. The normalized spacial score (nSPS) is 11.4. The van der Waals surface area contributed by atoms with E-state index in [4.69, 9.17) is 4.74 Å². The Balaban J connectivity index is 1.59. The number of hydrazone groups is 1. The van der Waals surface area contributed by atoms with Crippen molar-refractivity contribution in [2.45, 2.75) is 17.8 Å². The van der Waals surface area contributed by atoms with Gasteiger partial charge in [0.05, 0.1) is 12.8 Å². The van der Waals surface area contributed by atoms with Crippen LogP contribution in [0.4, 0.5) is 10.3 Å². The molecule has 2 N–H and O–H groups in total. The summed E-state index contributed by atoms with van der Waals surface area (Å²) in [5, 5.41) is 11.8. The molecule has 0 bridgehead atoms. The van der Waals surface area contributed by atoms with E-state index in [-0.39, 0.29) is 5.82 Å². The van der Waals surface area contributed by atoms with Crippen LogP contribution in [0.2, 0.25) is 0 Å². The van der Waals surface area contributed by atoms with Crippen LogP contribution < -0.4 is 10.2 Å². The van der Waals surface area contributed by atoms with Gasteiger partial charge in [-0.3, -0.25) is 0 Å². The molecule has 0 aliphatic carbocycles. The lowest BCUT2D eigenvalue weighted by molar-refractivity contribution is 0.411. The fraction of sp³-hybridized carbons (Fsp3) is 0.167. The molecule has 26 heavy (non-hydrogen) atoms. The average molecular weight is 371 g/mol. The zero-order chi connectivity index (χ0) is 18.4. The zero-order valence-corrected chi connectivity index (χ0v) is 15.2. The number of thioether (sulfide) groups is 1. The molecule has 134 valence electrons. The number of H-pyrrole nitrogens is 1. The first kappa shape index (κ1) is 17.9. The number of ether oxygens (including phenoxy) is 1. The predicted octanol–water partition coefficient (Wildman–Crippen LogP) is 4.08. The number of nitrogens with one attached hydrogen (secondary N) is 2. The quantitative estimate of drug-likeness (QED) is 0.372. The third-order valence-electron chi connectivity index (χ3n) is 3.61. The summed E-state index contributed by atoms with van der Waals surface area (Å²) in [4.78, 5) is 4.34. The number of benzene rings is 2. The van der Waals surface area contributed by atoms with Crippen LogP contribution in [0.15, 0.2) is 58.8 Å². The molecule has 3 rings (SSSR count). The highest BCUT2D eigenvalue weighted by Crippen LogP contribution is 2.26. The van der Waals surface area contributed by atoms with E-state index in [0.717, 1.165) is 16.9 Å². The number of rotatable bonds is 7. The van der Waals surface area contributed by atoms with E-state index in [1.807, 2.05) is 31.2 Å². The maximum Gasteiger partial charge on any atom is 0.240 e. The molecule has 1 heterocycles. The van der Waals surface area contributed by atoms with Gasteiger partial charge in [-0.25, -0.2) is 14.9 Å². The van der Waals surface area contributed by atoms with E-state index in [2.05, 4.69) is 25.7 Å². The van der Waals surface area contributed by atoms with Crippen molar-refractivity contribution in [1.82, 2.24) is 15.2 Å². The molecule has 0 atom stereocenters. The van der Waals surface area contributed by atoms with Gasteiger partial charge in [-0.15, -0.1) is 5.10 Å². The van der Waals surface area contributed by atoms with Gasteiger partial charge in [0.25, 0.3) is 0 Å². The summed E-state index contributed by atoms with van der Waals surface area (Å²) in [5.74, 6) is 1.70. The van der Waals surface area contributed by atoms with Crippen molar-refractivity contribution in [3.8, 4) is 5.75 Å². The highest BCUT2D eigenvalue weighted by atomic mass is 32.2. The van der Waals surface area contributed by atoms with Gasteiger partial charge in [0.2, 0.25) is 11.1 Å². The van der Waals surface area contributed by atoms with E-state index < -0.39 is 0 Å². The molecule has 1 aromatic heterocycles. The third kappa shape index (κ3) is 4.60. The van der Waals surface area contributed by atoms with Crippen molar-refractivity contribution in [3.63, 3.8) is 0 Å². The van der Waals surface area contributed by atoms with Gasteiger partial charge < -0.3 is 4.74 Å². The number of halogens is 1. The Morgan fingerprint density at radius 1 is 1.23 bits per heavy atom. The van der Waals surface area contributed by atoms with E-state index in [1.54, 1.807) is 19.2 Å². The monoisotopic (exact) mass is 371 g/mol. The highest BCUT2D eigenvalue weighted by molar-refractivity contribution is 7.98. The number of aromatic amines is 1. The van der Waals surface area contributed by atoms with Gasteiger partial charge in [0.1, 0.15) is 11.6 Å². The third-order valence-corrected chi connectivity index (χ3v) is 4.50. The topological polar surface area (TPSA) is 75.2 Å². The Hall–Kier alpha value is -2.87. The molecule has 0 aliphatic rings. The van der Waals surface area contributed by atoms with Crippen LogP contribution in [0, 0.1) is 5.82 Å². The second-order valence-corrected chi connectivity index (χ2v) is 6.33. The van der Waals surface area contributed by atoms with Gasteiger partial charge in [-0.2, -0.15) is 10.1 Å². The minimum Gasteiger partial charge on any atom is -0.496 e. The van der Waals surface area contributed by atoms with Gasteiger partial charge in [-0.05, 0) is 30.7 Å². The second-order valence-electron chi connectivity index (χ2n) is 5.38. The molecule has 0 amide bonds. The predicted molar refractivity (Wildman–Crippen MR) is 101 cm³/mol. The first-order valence-corrected chi connectivity index (χ1v) is 8.87. The molecule has 6 nitrogen and oxygen atoms in total. The number of hydrogen-bond donors (Lipinski definition) is 2. The first-order chi connectivity index (χ1) is 12.7. The number of hydrogen-bond acceptors (Lipinski definition) is 6. The molecule has 0 saturated heterocycles. The largest absolute Gasteiger partial charge is 0.496 e. The molecular formula is C18H18FN5OS. The van der Waals surface area contributed by atoms with Crippen LogP contribution in [0.3, 0.4) is 0 Å². The summed E-state index contributed by atoms with van der Waals surface area (Å²) >= 11 is 1.49. The summed E-state index contributed by atoms with van der Waals surface area (Å²) in [7, 11) is 1.65. The molecule has 2 aromatic carbocycles. The number of aromatic nitrogens is 3. The van der Waals surface area contributed by atoms with Crippen molar-refractivity contribution < 1.29 is 9.13 Å². The molecule has 0 fully saturated rings. The summed E-state index contributed by atoms with van der Waals surface area (Å²) < 4.78 is 18.3. The summed E-state index contributed by atoms with van der Waals surface area (Å²) in [6.45, 7) is 1.83. The Morgan fingerprint density at radius 3 is 2.77 bits per heavy atom. The molecule has 3 aromatic rings. The summed E-state index contributed by atoms with van der Waals surface area (Å²) in [6.07, 6.45) is 0. The molecule has 0 aliphatic heterocycles. The Bertz CT molecular complexity index is 895. The first-order valence-electron chi connectivity index (χ1n) is 7.89. The molecule has 8 heteroatoms. The van der Waals surface area contributed by atoms with Crippen molar-refractivity contribution in [2.24, 2.45) is 5.10 Å². The molecule has 0 saturated carbocycles. The minimum absolute atomic E-state index is 0.276. The van der Waals surface area contributed by atoms with E-state index >= 15 is 0 Å². The Labute approximate surface area is 154 Å². The van der Waals surface area contributed by atoms with E-state index in [0.29, 0.717) is 22.6 Å². The maximum absolute atomic E-state index is 13.0. The smallest absolute Gasteiger partial charge is 0.240 e. The van der Waals surface area contributed by atoms with Gasteiger partial charge in [0, 0.05) is 11.3 Å². The van der Waals surface area contributed by atoms with E-state index in [9.17, 15) is 4.39 Å². The fourth-order valence-corrected chi connectivity index (χ4v) is 3.01. The van der Waals surface area contributed by atoms with Crippen molar-refractivity contribution in [2.75, 3.05) is 12.5 Å². The molecule has 0 radical (unpaired) electrons. The van der Waals surface area contributed by atoms with Crippen LogP contribution in [-0.2, 0) is 5.75 Å². The standard InChI is InChI=1S/C18H18FN5OS/c1-12(13-7-9-15(19)10-8-13)21-22-17-20-18(24-23-17)26-11-14-5-3-4-6-16(14)25-2/h3-10H,11H2,1-2H3,(H2,20,22,23,24)/b21-12+. The maximum atomic E-state index is 13.0. The van der Waals surface area contributed by atoms with Crippen molar-refractivity contribution in [3.05, 3.63) is 65.5 Å². The molecule has 0 spiro atoms. The van der Waals surface area contributed by atoms with Crippen LogP contribution in [0.25, 0.3) is 0 Å². The highest BCUT2D eigenvalue weighted by Gasteiger charge is 2.07. The Morgan fingerprint density at radius 2 is 2.00 bits per heavy atom. The molecule has 0 unspecified atom stereocenters. The number of anilines is 1. The Kier molecular flexibility index (Phi) is 5.85. The fourth-order valence-electron chi connectivity index (χ4n) is 2.22. The van der Waals surface area contributed by atoms with Gasteiger partial charge >= 0.3 is 0 Å². The summed E-state index contributed by atoms with van der Waals surface area (Å²) in [6, 6.07) is 14.0. The van der Waals surface area contributed by atoms with Crippen molar-refractivity contribution in [1.29, 1.82) is 0 Å². The van der Waals surface area contributed by atoms with Gasteiger partial charge in [-0.1, -0.05) is 42.1 Å². The van der Waals surface area contributed by atoms with Crippen LogP contribution in [0.1, 0.15) is 18.1 Å². The summed E-state index contributed by atoms with van der Waals surface area (Å²) in [5.41, 5.74) is 5.44. The lowest BCUT2D eigenvalue weighted by Gasteiger charge is -2.05. The second kappa shape index (κ2) is 8.48. The zero-order valence-electron chi connectivity index (χ0n) is 14.4. The number of methoxy groups -OCH3 is 1. The van der Waals surface area contributed by atoms with E-state index in [1.165, 1.54) is 23.9 Å².